The third-order valence-electron chi connectivity index (χ3n) is 2.72. The Morgan fingerprint density at radius 1 is 1.50 bits per heavy atom. The molecule has 0 radical (unpaired) electrons. The zero-order valence-electron chi connectivity index (χ0n) is 10.8. The number of rotatable bonds is 6. The van der Waals surface area contributed by atoms with E-state index in [1.807, 2.05) is 23.2 Å². The Balaban J connectivity index is 1.99. The normalized spacial score (nSPS) is 10.8. The Labute approximate surface area is 111 Å². The Morgan fingerprint density at radius 2 is 2.33 bits per heavy atom. The number of anilines is 2. The Bertz CT molecular complexity index is 489. The molecule has 0 unspecified atom stereocenters. The first-order chi connectivity index (χ1) is 8.72. The summed E-state index contributed by atoms with van der Waals surface area (Å²) in [4.78, 5) is 4.26. The molecule has 98 valence electrons. The molecule has 0 bridgehead atoms. The van der Waals surface area contributed by atoms with Crippen LogP contribution >= 0.6 is 11.3 Å². The fourth-order valence-electron chi connectivity index (χ4n) is 1.82. The second-order valence-electron chi connectivity index (χ2n) is 4.17. The molecule has 0 fully saturated rings. The third-order valence-corrected chi connectivity index (χ3v) is 3.56. The molecule has 2 heterocycles. The molecule has 0 aliphatic heterocycles. The Hall–Kier alpha value is -1.56. The van der Waals surface area contributed by atoms with Crippen LogP contribution < -0.4 is 11.1 Å². The Kier molecular flexibility index (Phi) is 4.19. The number of hydrogen-bond donors (Lipinski definition) is 2. The molecule has 2 aromatic rings. The van der Waals surface area contributed by atoms with E-state index in [9.17, 15) is 0 Å². The highest BCUT2D eigenvalue weighted by atomic mass is 32.1. The van der Waals surface area contributed by atoms with E-state index < -0.39 is 0 Å². The van der Waals surface area contributed by atoms with Crippen molar-refractivity contribution in [3.05, 3.63) is 22.3 Å². The molecule has 0 spiro atoms. The molecule has 0 saturated heterocycles. The summed E-state index contributed by atoms with van der Waals surface area (Å²) in [5, 5.41) is 10.9. The van der Waals surface area contributed by atoms with Crippen molar-refractivity contribution in [2.75, 3.05) is 17.6 Å². The minimum atomic E-state index is 0.752. The van der Waals surface area contributed by atoms with Crippen molar-refractivity contribution in [1.29, 1.82) is 0 Å². The van der Waals surface area contributed by atoms with Gasteiger partial charge >= 0.3 is 0 Å². The van der Waals surface area contributed by atoms with Gasteiger partial charge < -0.3 is 11.1 Å². The van der Waals surface area contributed by atoms with Crippen LogP contribution in [0.25, 0.3) is 0 Å². The lowest BCUT2D eigenvalue weighted by Crippen LogP contribution is -2.11. The van der Waals surface area contributed by atoms with E-state index in [1.165, 1.54) is 0 Å². The fourth-order valence-corrected chi connectivity index (χ4v) is 2.44. The van der Waals surface area contributed by atoms with Gasteiger partial charge in [-0.05, 0) is 13.3 Å². The molecule has 3 N–H and O–H groups in total. The molecule has 2 aromatic heterocycles. The van der Waals surface area contributed by atoms with Gasteiger partial charge in [0.2, 0.25) is 0 Å². The van der Waals surface area contributed by atoms with Gasteiger partial charge in [0, 0.05) is 31.1 Å². The number of nitrogens with one attached hydrogen (secondary N) is 1. The van der Waals surface area contributed by atoms with Gasteiger partial charge in [-0.25, -0.2) is 9.67 Å². The summed E-state index contributed by atoms with van der Waals surface area (Å²) in [6.45, 7) is 5.78. The first kappa shape index (κ1) is 12.9. The van der Waals surface area contributed by atoms with Crippen LogP contribution in [0.15, 0.2) is 11.6 Å². The summed E-state index contributed by atoms with van der Waals surface area (Å²) in [6, 6.07) is 0. The lowest BCUT2D eigenvalue weighted by Gasteiger charge is -2.09. The van der Waals surface area contributed by atoms with E-state index in [2.05, 4.69) is 22.3 Å². The van der Waals surface area contributed by atoms with E-state index >= 15 is 0 Å². The molecule has 18 heavy (non-hydrogen) atoms. The average Bonchev–Trinajstić information content (AvgIpc) is 2.94. The summed E-state index contributed by atoms with van der Waals surface area (Å²) in [7, 11) is 0. The molecule has 6 heteroatoms. The largest absolute Gasteiger partial charge is 0.394 e. The molecular weight excluding hydrogens is 246 g/mol. The van der Waals surface area contributed by atoms with Crippen LogP contribution in [0.4, 0.5) is 11.5 Å². The molecule has 5 nitrogen and oxygen atoms in total. The second-order valence-corrected chi connectivity index (χ2v) is 5.15. The summed E-state index contributed by atoms with van der Waals surface area (Å²) in [6.07, 6.45) is 3.79. The lowest BCUT2D eigenvalue weighted by atomic mass is 10.3. The van der Waals surface area contributed by atoms with Gasteiger partial charge in [0.1, 0.15) is 5.82 Å². The van der Waals surface area contributed by atoms with Gasteiger partial charge in [0.25, 0.3) is 0 Å². The number of aryl methyl sites for hydroxylation is 2. The van der Waals surface area contributed by atoms with Gasteiger partial charge in [0.15, 0.2) is 0 Å². The van der Waals surface area contributed by atoms with Gasteiger partial charge in [-0.15, -0.1) is 11.3 Å². The molecule has 0 aliphatic rings. The zero-order chi connectivity index (χ0) is 13.0. The SMILES string of the molecule is CCCn1nc(C)c(N)c1NCCc1nccs1. The van der Waals surface area contributed by atoms with Crippen molar-refractivity contribution in [2.45, 2.75) is 33.2 Å². The maximum atomic E-state index is 6.03. The quantitative estimate of drug-likeness (QED) is 0.841. The van der Waals surface area contributed by atoms with Crippen LogP contribution in [-0.4, -0.2) is 21.3 Å². The Morgan fingerprint density at radius 3 is 3.00 bits per heavy atom. The van der Waals surface area contributed by atoms with Crippen LogP contribution in [-0.2, 0) is 13.0 Å². The fraction of sp³-hybridized carbons (Fsp3) is 0.500. The smallest absolute Gasteiger partial charge is 0.148 e. The standard InChI is InChI=1S/C12H19N5S/c1-3-7-17-12(11(13)9(2)16-17)15-5-4-10-14-6-8-18-10/h6,8,15H,3-5,7,13H2,1-2H3. The minimum Gasteiger partial charge on any atom is -0.394 e. The van der Waals surface area contributed by atoms with Crippen molar-refractivity contribution in [3.63, 3.8) is 0 Å². The maximum Gasteiger partial charge on any atom is 0.148 e. The van der Waals surface area contributed by atoms with Crippen LogP contribution in [0.1, 0.15) is 24.0 Å². The van der Waals surface area contributed by atoms with Gasteiger partial charge in [-0.3, -0.25) is 0 Å². The maximum absolute atomic E-state index is 6.03. The molecule has 0 aromatic carbocycles. The first-order valence-electron chi connectivity index (χ1n) is 6.17. The highest BCUT2D eigenvalue weighted by Crippen LogP contribution is 2.22. The number of nitrogens with zero attached hydrogens (tertiary/aromatic N) is 3. The highest BCUT2D eigenvalue weighted by Gasteiger charge is 2.11. The van der Waals surface area contributed by atoms with E-state index in [-0.39, 0.29) is 0 Å². The molecule has 0 saturated carbocycles. The van der Waals surface area contributed by atoms with Gasteiger partial charge in [0.05, 0.1) is 16.4 Å². The van der Waals surface area contributed by atoms with Crippen LogP contribution in [0.2, 0.25) is 0 Å². The van der Waals surface area contributed by atoms with E-state index in [4.69, 9.17) is 5.73 Å². The molecule has 0 aliphatic carbocycles. The van der Waals surface area contributed by atoms with E-state index in [0.29, 0.717) is 0 Å². The number of nitrogen functional groups attached to an aromatic ring is 1. The monoisotopic (exact) mass is 265 g/mol. The van der Waals surface area contributed by atoms with Crippen molar-refractivity contribution >= 4 is 22.8 Å². The lowest BCUT2D eigenvalue weighted by molar-refractivity contribution is 0.603. The van der Waals surface area contributed by atoms with Crippen molar-refractivity contribution in [1.82, 2.24) is 14.8 Å². The third kappa shape index (κ3) is 2.81. The summed E-state index contributed by atoms with van der Waals surface area (Å²) >= 11 is 1.68. The molecular formula is C12H19N5S. The van der Waals surface area contributed by atoms with Crippen molar-refractivity contribution in [3.8, 4) is 0 Å². The first-order valence-corrected chi connectivity index (χ1v) is 7.05. The zero-order valence-corrected chi connectivity index (χ0v) is 11.6. The van der Waals surface area contributed by atoms with Crippen LogP contribution in [0, 0.1) is 6.92 Å². The molecule has 0 atom stereocenters. The molecule has 0 amide bonds. The van der Waals surface area contributed by atoms with E-state index in [0.717, 1.165) is 48.1 Å². The number of nitrogens with two attached hydrogens (primary N) is 1. The predicted octanol–water partition coefficient (Wildman–Crippen LogP) is 2.29. The van der Waals surface area contributed by atoms with Gasteiger partial charge in [-0.2, -0.15) is 5.10 Å². The number of aromatic nitrogens is 3. The average molecular weight is 265 g/mol. The second kappa shape index (κ2) is 5.86. The summed E-state index contributed by atoms with van der Waals surface area (Å²) < 4.78 is 1.95. The summed E-state index contributed by atoms with van der Waals surface area (Å²) in [5.41, 5.74) is 7.68. The predicted molar refractivity (Wildman–Crippen MR) is 76.0 cm³/mol. The number of thiazole rings is 1. The number of hydrogen-bond acceptors (Lipinski definition) is 5. The van der Waals surface area contributed by atoms with Crippen molar-refractivity contribution < 1.29 is 0 Å². The minimum absolute atomic E-state index is 0.752. The van der Waals surface area contributed by atoms with Crippen LogP contribution in [0.3, 0.4) is 0 Å². The van der Waals surface area contributed by atoms with Crippen molar-refractivity contribution in [2.24, 2.45) is 0 Å². The topological polar surface area (TPSA) is 68.8 Å². The highest BCUT2D eigenvalue weighted by molar-refractivity contribution is 7.09. The molecule has 2 rings (SSSR count). The van der Waals surface area contributed by atoms with Gasteiger partial charge in [-0.1, -0.05) is 6.92 Å². The van der Waals surface area contributed by atoms with Crippen LogP contribution in [0.5, 0.6) is 0 Å². The van der Waals surface area contributed by atoms with E-state index in [1.54, 1.807) is 11.3 Å². The summed E-state index contributed by atoms with van der Waals surface area (Å²) in [5.74, 6) is 0.936.